The van der Waals surface area contributed by atoms with Crippen LogP contribution in [0.4, 0.5) is 5.69 Å². The molecular weight excluding hydrogens is 304 g/mol. The molecule has 1 unspecified atom stereocenters. The van der Waals surface area contributed by atoms with E-state index < -0.39 is 0 Å². The van der Waals surface area contributed by atoms with Gasteiger partial charge in [-0.1, -0.05) is 66.8 Å². The zero-order valence-corrected chi connectivity index (χ0v) is 15.6. The van der Waals surface area contributed by atoms with Gasteiger partial charge in [-0.15, -0.1) is 0 Å². The Morgan fingerprint density at radius 1 is 0.680 bits per heavy atom. The maximum absolute atomic E-state index is 2.36. The van der Waals surface area contributed by atoms with E-state index in [9.17, 15) is 0 Å². The molecule has 0 bridgehead atoms. The zero-order valence-electron chi connectivity index (χ0n) is 15.6. The highest BCUT2D eigenvalue weighted by Crippen LogP contribution is 2.36. The molecule has 2 aromatic carbocycles. The van der Waals surface area contributed by atoms with Crippen molar-refractivity contribution in [3.05, 3.63) is 90.0 Å². The minimum Gasteiger partial charge on any atom is -0.378 e. The van der Waals surface area contributed by atoms with E-state index in [-0.39, 0.29) is 0 Å². The number of hydrogen-bond donors (Lipinski definition) is 0. The predicted molar refractivity (Wildman–Crippen MR) is 108 cm³/mol. The summed E-state index contributed by atoms with van der Waals surface area (Å²) in [4.78, 5) is 4.37. The second-order valence-electron chi connectivity index (χ2n) is 7.18. The summed E-state index contributed by atoms with van der Waals surface area (Å²) >= 11 is 0. The van der Waals surface area contributed by atoms with Crippen molar-refractivity contribution in [1.82, 2.24) is 4.90 Å². The van der Waals surface area contributed by atoms with Crippen LogP contribution in [0.3, 0.4) is 0 Å². The maximum Gasteiger partial charge on any atom is 0.0456 e. The lowest BCUT2D eigenvalue weighted by Crippen LogP contribution is -2.26. The number of nitrogens with zero attached hydrogens (tertiary/aromatic N) is 2. The summed E-state index contributed by atoms with van der Waals surface area (Å²) in [5, 5.41) is 0. The molecule has 0 heterocycles. The summed E-state index contributed by atoms with van der Waals surface area (Å²) in [6, 6.07) is 20.2. The molecule has 0 aliphatic heterocycles. The Balaban J connectivity index is 1.94. The van der Waals surface area contributed by atoms with Crippen molar-refractivity contribution in [3.8, 4) is 0 Å². The van der Waals surface area contributed by atoms with Crippen LogP contribution in [0.2, 0.25) is 0 Å². The third-order valence-electron chi connectivity index (χ3n) is 4.97. The molecule has 25 heavy (non-hydrogen) atoms. The van der Waals surface area contributed by atoms with Crippen molar-refractivity contribution in [3.63, 3.8) is 0 Å². The van der Waals surface area contributed by atoms with E-state index in [2.05, 4.69) is 117 Å². The molecular formula is C23H28N2. The summed E-state index contributed by atoms with van der Waals surface area (Å²) in [5.74, 6) is 0.719. The Hall–Kier alpha value is -2.32. The lowest BCUT2D eigenvalue weighted by molar-refractivity contribution is 0.385. The molecule has 1 aliphatic rings. The van der Waals surface area contributed by atoms with Gasteiger partial charge in [0.2, 0.25) is 0 Å². The Bertz CT molecular complexity index is 712. The number of rotatable bonds is 5. The highest BCUT2D eigenvalue weighted by Gasteiger charge is 2.23. The molecule has 2 nitrogen and oxygen atoms in total. The molecule has 3 rings (SSSR count). The average molecular weight is 332 g/mol. The molecule has 130 valence electrons. The van der Waals surface area contributed by atoms with Crippen LogP contribution in [0, 0.1) is 5.92 Å². The Morgan fingerprint density at radius 2 is 1.24 bits per heavy atom. The number of likely N-dealkylation sites (N-methyl/N-ethyl adjacent to an activating group) is 1. The van der Waals surface area contributed by atoms with Crippen LogP contribution in [-0.2, 0) is 0 Å². The van der Waals surface area contributed by atoms with Gasteiger partial charge in [-0.3, -0.25) is 4.90 Å². The molecule has 0 fully saturated rings. The first kappa shape index (κ1) is 17.5. The van der Waals surface area contributed by atoms with Crippen LogP contribution in [-0.4, -0.2) is 39.1 Å². The molecule has 0 aromatic heterocycles. The highest BCUT2D eigenvalue weighted by molar-refractivity contribution is 5.48. The van der Waals surface area contributed by atoms with Gasteiger partial charge in [0.1, 0.15) is 0 Å². The first-order valence-corrected chi connectivity index (χ1v) is 8.91. The first-order chi connectivity index (χ1) is 12.1. The summed E-state index contributed by atoms with van der Waals surface area (Å²) < 4.78 is 0. The minimum atomic E-state index is 0.341. The quantitative estimate of drug-likeness (QED) is 0.741. The van der Waals surface area contributed by atoms with Crippen molar-refractivity contribution < 1.29 is 0 Å². The fourth-order valence-corrected chi connectivity index (χ4v) is 3.46. The molecule has 0 amide bonds. The molecule has 2 aromatic rings. The Morgan fingerprint density at radius 3 is 1.76 bits per heavy atom. The van der Waals surface area contributed by atoms with Gasteiger partial charge in [0.25, 0.3) is 0 Å². The monoisotopic (exact) mass is 332 g/mol. The van der Waals surface area contributed by atoms with E-state index in [4.69, 9.17) is 0 Å². The van der Waals surface area contributed by atoms with Crippen LogP contribution < -0.4 is 4.90 Å². The van der Waals surface area contributed by atoms with Gasteiger partial charge in [-0.05, 0) is 37.4 Å². The molecule has 0 saturated heterocycles. The summed E-state index contributed by atoms with van der Waals surface area (Å²) in [7, 11) is 8.40. The van der Waals surface area contributed by atoms with Gasteiger partial charge in [-0.25, -0.2) is 0 Å². The van der Waals surface area contributed by atoms with Crippen molar-refractivity contribution >= 4 is 5.69 Å². The van der Waals surface area contributed by atoms with E-state index >= 15 is 0 Å². The van der Waals surface area contributed by atoms with Crippen LogP contribution in [0.5, 0.6) is 0 Å². The van der Waals surface area contributed by atoms with Gasteiger partial charge in [0.05, 0.1) is 0 Å². The standard InChI is InChI=1S/C23H28N2/c1-24(2)21-14-10-19(11-15-21)23(18-8-6-5-7-9-18)20-12-16-22(17-13-20)25(3)4/h5-17,19,21,23H,1-4H3. The minimum absolute atomic E-state index is 0.341. The molecule has 1 aliphatic carbocycles. The molecule has 0 saturated carbocycles. The molecule has 1 atom stereocenters. The van der Waals surface area contributed by atoms with E-state index in [0.29, 0.717) is 17.9 Å². The molecule has 0 spiro atoms. The summed E-state index contributed by atoms with van der Waals surface area (Å²) in [5.41, 5.74) is 3.96. The fraction of sp³-hybridized carbons (Fsp3) is 0.304. The molecule has 0 N–H and O–H groups in total. The lowest BCUT2D eigenvalue weighted by atomic mass is 9.78. The topological polar surface area (TPSA) is 6.48 Å². The van der Waals surface area contributed by atoms with Crippen LogP contribution >= 0.6 is 0 Å². The third kappa shape index (κ3) is 4.02. The van der Waals surface area contributed by atoms with Crippen molar-refractivity contribution in [1.29, 1.82) is 0 Å². The van der Waals surface area contributed by atoms with Crippen LogP contribution in [0.25, 0.3) is 0 Å². The largest absolute Gasteiger partial charge is 0.378 e. The van der Waals surface area contributed by atoms with E-state index in [1.54, 1.807) is 0 Å². The number of hydrogen-bond acceptors (Lipinski definition) is 2. The van der Waals surface area contributed by atoms with Gasteiger partial charge in [-0.2, -0.15) is 0 Å². The van der Waals surface area contributed by atoms with Crippen LogP contribution in [0.1, 0.15) is 17.0 Å². The second kappa shape index (κ2) is 7.71. The maximum atomic E-state index is 2.36. The smallest absolute Gasteiger partial charge is 0.0456 e. The Labute approximate surface area is 152 Å². The third-order valence-corrected chi connectivity index (χ3v) is 4.97. The molecule has 0 radical (unpaired) electrons. The van der Waals surface area contributed by atoms with E-state index in [0.717, 1.165) is 0 Å². The van der Waals surface area contributed by atoms with Gasteiger partial charge in [0, 0.05) is 37.7 Å². The summed E-state index contributed by atoms with van der Waals surface area (Å²) in [6.07, 6.45) is 9.36. The SMILES string of the molecule is CN(C)c1ccc(C(c2ccccc2)C2C=CC(N(C)C)C=C2)cc1. The number of anilines is 1. The average Bonchev–Trinajstić information content (AvgIpc) is 2.64. The van der Waals surface area contributed by atoms with Crippen molar-refractivity contribution in [2.45, 2.75) is 12.0 Å². The summed E-state index contributed by atoms with van der Waals surface area (Å²) in [6.45, 7) is 0. The molecule has 2 heteroatoms. The number of benzene rings is 2. The van der Waals surface area contributed by atoms with Crippen LogP contribution in [0.15, 0.2) is 78.9 Å². The van der Waals surface area contributed by atoms with Gasteiger partial charge in [0.15, 0.2) is 0 Å². The van der Waals surface area contributed by atoms with Gasteiger partial charge >= 0.3 is 0 Å². The van der Waals surface area contributed by atoms with Gasteiger partial charge < -0.3 is 4.90 Å². The first-order valence-electron chi connectivity index (χ1n) is 8.91. The van der Waals surface area contributed by atoms with Crippen molar-refractivity contribution in [2.75, 3.05) is 33.1 Å². The fourth-order valence-electron chi connectivity index (χ4n) is 3.46. The second-order valence-corrected chi connectivity index (χ2v) is 7.18. The zero-order chi connectivity index (χ0) is 17.8. The lowest BCUT2D eigenvalue weighted by Gasteiger charge is -2.29. The predicted octanol–water partition coefficient (Wildman–Crippen LogP) is 4.56. The normalized spacial score (nSPS) is 20.7. The Kier molecular flexibility index (Phi) is 5.40. The van der Waals surface area contributed by atoms with Crippen molar-refractivity contribution in [2.24, 2.45) is 5.92 Å². The van der Waals surface area contributed by atoms with E-state index in [1.807, 2.05) is 0 Å². The van der Waals surface area contributed by atoms with E-state index in [1.165, 1.54) is 16.8 Å². The highest BCUT2D eigenvalue weighted by atomic mass is 15.1. The number of allylic oxidation sites excluding steroid dienone is 2.